The number of aromatic nitrogens is 4. The van der Waals surface area contributed by atoms with E-state index in [1.54, 1.807) is 23.0 Å². The van der Waals surface area contributed by atoms with Crippen LogP contribution in [0.3, 0.4) is 0 Å². The molecule has 0 radical (unpaired) electrons. The fourth-order valence-corrected chi connectivity index (χ4v) is 2.92. The zero-order chi connectivity index (χ0) is 14.8. The van der Waals surface area contributed by atoms with Crippen LogP contribution in [0.2, 0.25) is 0 Å². The van der Waals surface area contributed by atoms with Crippen molar-refractivity contribution in [2.45, 2.75) is 6.54 Å². The number of hydrogen-bond acceptors (Lipinski definition) is 5. The van der Waals surface area contributed by atoms with E-state index in [1.807, 2.05) is 13.2 Å². The average molecular weight is 368 g/mol. The van der Waals surface area contributed by atoms with Gasteiger partial charge in [0.2, 0.25) is 5.13 Å². The van der Waals surface area contributed by atoms with Gasteiger partial charge in [0.05, 0.1) is 6.20 Å². The molecule has 0 unspecified atom stereocenters. The Labute approximate surface area is 133 Å². The Bertz CT molecular complexity index is 770. The highest BCUT2D eigenvalue weighted by Gasteiger charge is 2.11. The zero-order valence-electron chi connectivity index (χ0n) is 11.0. The summed E-state index contributed by atoms with van der Waals surface area (Å²) in [5, 5.41) is 16.5. The third-order valence-electron chi connectivity index (χ3n) is 2.79. The maximum Gasteiger partial charge on any atom is 0.206 e. The van der Waals surface area contributed by atoms with Crippen molar-refractivity contribution >= 4 is 32.4 Å². The van der Waals surface area contributed by atoms with Gasteiger partial charge < -0.3 is 5.32 Å². The first-order valence-electron chi connectivity index (χ1n) is 6.12. The highest BCUT2D eigenvalue weighted by atomic mass is 79.9. The molecule has 0 saturated heterocycles. The van der Waals surface area contributed by atoms with Gasteiger partial charge in [-0.25, -0.2) is 4.39 Å². The summed E-state index contributed by atoms with van der Waals surface area (Å²) < 4.78 is 16.3. The second-order valence-electron chi connectivity index (χ2n) is 4.41. The molecule has 1 aromatic carbocycles. The van der Waals surface area contributed by atoms with E-state index in [-0.39, 0.29) is 5.82 Å². The van der Waals surface area contributed by atoms with E-state index in [4.69, 9.17) is 0 Å². The van der Waals surface area contributed by atoms with Crippen molar-refractivity contribution in [3.8, 4) is 10.6 Å². The molecule has 21 heavy (non-hydrogen) atoms. The van der Waals surface area contributed by atoms with Crippen LogP contribution in [0, 0.1) is 5.82 Å². The highest BCUT2D eigenvalue weighted by Crippen LogP contribution is 2.30. The quantitative estimate of drug-likeness (QED) is 0.767. The normalized spacial score (nSPS) is 10.8. The highest BCUT2D eigenvalue weighted by molar-refractivity contribution is 9.10. The second-order valence-corrected chi connectivity index (χ2v) is 6.31. The van der Waals surface area contributed by atoms with Gasteiger partial charge in [-0.05, 0) is 18.2 Å². The summed E-state index contributed by atoms with van der Waals surface area (Å²) in [5.74, 6) is -0.312. The summed E-state index contributed by atoms with van der Waals surface area (Å²) >= 11 is 4.64. The van der Waals surface area contributed by atoms with Crippen LogP contribution in [0.5, 0.6) is 0 Å². The van der Waals surface area contributed by atoms with Gasteiger partial charge in [-0.3, -0.25) is 4.68 Å². The number of halogens is 2. The fraction of sp³-hybridized carbons (Fsp3) is 0.154. The molecular formula is C13H11BrFN5S. The molecule has 3 aromatic rings. The van der Waals surface area contributed by atoms with Gasteiger partial charge in [-0.1, -0.05) is 27.3 Å². The van der Waals surface area contributed by atoms with E-state index in [2.05, 4.69) is 36.5 Å². The third-order valence-corrected chi connectivity index (χ3v) is 4.19. The number of hydrogen-bond donors (Lipinski definition) is 1. The van der Waals surface area contributed by atoms with Gasteiger partial charge in [0, 0.05) is 35.4 Å². The van der Waals surface area contributed by atoms with Crippen molar-refractivity contribution < 1.29 is 4.39 Å². The van der Waals surface area contributed by atoms with Crippen molar-refractivity contribution in [2.24, 2.45) is 7.05 Å². The molecule has 0 bridgehead atoms. The molecular weight excluding hydrogens is 357 g/mol. The number of nitrogens with zero attached hydrogens (tertiary/aromatic N) is 4. The molecule has 0 atom stereocenters. The van der Waals surface area contributed by atoms with Crippen molar-refractivity contribution in [1.29, 1.82) is 0 Å². The summed E-state index contributed by atoms with van der Waals surface area (Å²) in [5.41, 5.74) is 1.49. The van der Waals surface area contributed by atoms with Crippen molar-refractivity contribution in [3.63, 3.8) is 0 Å². The van der Waals surface area contributed by atoms with Crippen LogP contribution < -0.4 is 5.32 Å². The number of benzene rings is 1. The van der Waals surface area contributed by atoms with Gasteiger partial charge in [-0.2, -0.15) is 5.10 Å². The Morgan fingerprint density at radius 3 is 3.00 bits per heavy atom. The molecule has 3 rings (SSSR count). The second kappa shape index (κ2) is 5.90. The molecule has 0 aliphatic carbocycles. The minimum Gasteiger partial charge on any atom is -0.356 e. The summed E-state index contributed by atoms with van der Waals surface area (Å²) in [6.45, 7) is 0.601. The lowest BCUT2D eigenvalue weighted by atomic mass is 10.2. The Hall–Kier alpha value is -1.80. The smallest absolute Gasteiger partial charge is 0.206 e. The summed E-state index contributed by atoms with van der Waals surface area (Å²) in [6, 6.07) is 4.76. The first-order valence-corrected chi connectivity index (χ1v) is 7.73. The summed E-state index contributed by atoms with van der Waals surface area (Å²) in [7, 11) is 1.86. The topological polar surface area (TPSA) is 55.6 Å². The van der Waals surface area contributed by atoms with Crippen molar-refractivity contribution in [1.82, 2.24) is 20.0 Å². The monoisotopic (exact) mass is 367 g/mol. The van der Waals surface area contributed by atoms with Crippen LogP contribution in [0.25, 0.3) is 10.6 Å². The Morgan fingerprint density at radius 1 is 1.38 bits per heavy atom. The molecule has 108 valence electrons. The molecule has 5 nitrogen and oxygen atoms in total. The van der Waals surface area contributed by atoms with Crippen LogP contribution in [0.1, 0.15) is 5.56 Å². The molecule has 1 N–H and O–H groups in total. The number of aryl methyl sites for hydroxylation is 1. The van der Waals surface area contributed by atoms with Gasteiger partial charge in [-0.15, -0.1) is 10.2 Å². The molecule has 0 aliphatic rings. The summed E-state index contributed by atoms with van der Waals surface area (Å²) in [6.07, 6.45) is 3.70. The summed E-state index contributed by atoms with van der Waals surface area (Å²) in [4.78, 5) is 0. The lowest BCUT2D eigenvalue weighted by Gasteiger charge is -1.99. The van der Waals surface area contributed by atoms with Gasteiger partial charge in [0.1, 0.15) is 5.82 Å². The van der Waals surface area contributed by atoms with E-state index in [0.29, 0.717) is 22.2 Å². The first-order chi connectivity index (χ1) is 10.1. The molecule has 2 heterocycles. The largest absolute Gasteiger partial charge is 0.356 e. The number of anilines is 1. The molecule has 0 fully saturated rings. The van der Waals surface area contributed by atoms with Crippen LogP contribution in [-0.2, 0) is 13.6 Å². The molecule has 0 saturated carbocycles. The number of nitrogens with one attached hydrogen (secondary N) is 1. The Morgan fingerprint density at radius 2 is 2.24 bits per heavy atom. The maximum atomic E-state index is 13.8. The molecule has 0 amide bonds. The standard InChI is InChI=1S/C13H11BrFN5S/c1-20-7-8(6-17-20)5-16-13-19-18-12(21-13)10-4-9(14)2-3-11(10)15/h2-4,6-7H,5H2,1H3,(H,16,19). The van der Waals surface area contributed by atoms with E-state index in [1.165, 1.54) is 17.4 Å². The van der Waals surface area contributed by atoms with Crippen molar-refractivity contribution in [2.75, 3.05) is 5.32 Å². The zero-order valence-corrected chi connectivity index (χ0v) is 13.4. The van der Waals surface area contributed by atoms with Gasteiger partial charge >= 0.3 is 0 Å². The predicted octanol–water partition coefficient (Wildman–Crippen LogP) is 3.45. The van der Waals surface area contributed by atoms with E-state index < -0.39 is 0 Å². The van der Waals surface area contributed by atoms with Gasteiger partial charge in [0.15, 0.2) is 5.01 Å². The van der Waals surface area contributed by atoms with E-state index >= 15 is 0 Å². The molecule has 2 aromatic heterocycles. The van der Waals surface area contributed by atoms with Crippen LogP contribution in [-0.4, -0.2) is 20.0 Å². The number of rotatable bonds is 4. The lowest BCUT2D eigenvalue weighted by Crippen LogP contribution is -1.97. The minimum absolute atomic E-state index is 0.312. The molecule has 0 spiro atoms. The predicted molar refractivity (Wildman–Crippen MR) is 83.5 cm³/mol. The Kier molecular flexibility index (Phi) is 3.98. The first kappa shape index (κ1) is 14.2. The molecule has 0 aliphatic heterocycles. The van der Waals surface area contributed by atoms with Crippen LogP contribution in [0.15, 0.2) is 35.1 Å². The average Bonchev–Trinajstić information content (AvgIpc) is 3.08. The SMILES string of the molecule is Cn1cc(CNc2nnc(-c3cc(Br)ccc3F)s2)cn1. The van der Waals surface area contributed by atoms with E-state index in [9.17, 15) is 4.39 Å². The molecule has 8 heteroatoms. The minimum atomic E-state index is -0.312. The fourth-order valence-electron chi connectivity index (χ4n) is 1.81. The lowest BCUT2D eigenvalue weighted by molar-refractivity contribution is 0.630. The third kappa shape index (κ3) is 3.27. The Balaban J connectivity index is 1.75. The maximum absolute atomic E-state index is 13.8. The van der Waals surface area contributed by atoms with Crippen LogP contribution >= 0.6 is 27.3 Å². The van der Waals surface area contributed by atoms with Crippen LogP contribution in [0.4, 0.5) is 9.52 Å². The van der Waals surface area contributed by atoms with Gasteiger partial charge in [0.25, 0.3) is 0 Å². The van der Waals surface area contributed by atoms with Crippen molar-refractivity contribution in [3.05, 3.63) is 46.4 Å². The van der Waals surface area contributed by atoms with E-state index in [0.717, 1.165) is 10.0 Å².